The van der Waals surface area contributed by atoms with Crippen molar-refractivity contribution < 1.29 is 19.8 Å². The quantitative estimate of drug-likeness (QED) is 0.295. The fourth-order valence-electron chi connectivity index (χ4n) is 2.22. The summed E-state index contributed by atoms with van der Waals surface area (Å²) < 4.78 is 0. The van der Waals surface area contributed by atoms with Gasteiger partial charge in [-0.1, -0.05) is 67.2 Å². The Bertz CT molecular complexity index is 307. The molecule has 2 N–H and O–H groups in total. The fourth-order valence-corrected chi connectivity index (χ4v) is 2.22. The van der Waals surface area contributed by atoms with Gasteiger partial charge in [-0.25, -0.2) is 0 Å². The topological polar surface area (TPSA) is 74.6 Å². The van der Waals surface area contributed by atoms with Gasteiger partial charge in [-0.15, -0.1) is 0 Å². The number of carboxylic acid groups (broad SMARTS) is 2. The molecule has 0 unspecified atom stereocenters. The van der Waals surface area contributed by atoms with E-state index in [9.17, 15) is 9.59 Å². The Labute approximate surface area is 175 Å². The summed E-state index contributed by atoms with van der Waals surface area (Å²) in [6, 6.07) is 0. The predicted molar refractivity (Wildman–Crippen MR) is 113 cm³/mol. The van der Waals surface area contributed by atoms with Gasteiger partial charge in [-0.3, -0.25) is 9.59 Å². The Kier molecular flexibility index (Phi) is 21.2. The normalized spacial score (nSPS) is 10.9. The Balaban J connectivity index is -0.000000371. The molecule has 0 spiro atoms. The molecule has 0 rings (SSSR count). The van der Waals surface area contributed by atoms with E-state index >= 15 is 0 Å². The van der Waals surface area contributed by atoms with E-state index in [1.807, 2.05) is 0 Å². The average Bonchev–Trinajstić information content (AvgIpc) is 2.46. The Morgan fingerprint density at radius 2 is 0.885 bits per heavy atom. The van der Waals surface area contributed by atoms with Crippen LogP contribution in [0.1, 0.15) is 106 Å². The van der Waals surface area contributed by atoms with Gasteiger partial charge in [0.25, 0.3) is 0 Å². The zero-order valence-corrected chi connectivity index (χ0v) is 21.7. The second kappa shape index (κ2) is 18.1. The van der Waals surface area contributed by atoms with E-state index in [4.69, 9.17) is 10.2 Å². The second-order valence-electron chi connectivity index (χ2n) is 9.03. The second-order valence-corrected chi connectivity index (χ2v) is 9.03. The zero-order valence-electron chi connectivity index (χ0n) is 18.4. The van der Waals surface area contributed by atoms with E-state index in [1.54, 1.807) is 0 Å². The predicted octanol–water partition coefficient (Wildman–Crippen LogP) is 6.07. The minimum absolute atomic E-state index is 0.324. The number of hydrogen-bond donors (Lipinski definition) is 2. The van der Waals surface area contributed by atoms with Crippen LogP contribution in [0, 0.1) is 10.8 Å². The van der Waals surface area contributed by atoms with Crippen LogP contribution in [0.25, 0.3) is 0 Å². The van der Waals surface area contributed by atoms with Gasteiger partial charge in [0.05, 0.1) is 0 Å². The summed E-state index contributed by atoms with van der Waals surface area (Å²) in [4.78, 5) is 22.4. The van der Waals surface area contributed by atoms with Crippen molar-refractivity contribution in [1.29, 1.82) is 0 Å². The van der Waals surface area contributed by atoms with Gasteiger partial charge in [0.2, 0.25) is 0 Å². The first-order valence-electron chi connectivity index (χ1n) is 9.85. The first-order valence-corrected chi connectivity index (χ1v) is 13.1. The summed E-state index contributed by atoms with van der Waals surface area (Å²) in [5.74, 6) is -1.35. The summed E-state index contributed by atoms with van der Waals surface area (Å²) in [6.07, 6.45) is 9.06. The van der Waals surface area contributed by atoms with Crippen LogP contribution in [0.15, 0.2) is 0 Å². The molecule has 0 aromatic rings. The molecule has 2 radical (unpaired) electrons. The molecular weight excluding hydrogens is 435 g/mol. The number of carboxylic acids is 2. The molecule has 0 amide bonds. The van der Waals surface area contributed by atoms with Crippen LogP contribution in [0.2, 0.25) is 4.94 Å². The summed E-state index contributed by atoms with van der Waals surface area (Å²) in [6.45, 7) is 13.3. The molecule has 0 bridgehead atoms. The average molecular weight is 479 g/mol. The van der Waals surface area contributed by atoms with Gasteiger partial charge in [-0.05, 0) is 36.5 Å². The number of hydrogen-bond acceptors (Lipinski definition) is 2. The van der Waals surface area contributed by atoms with Crippen molar-refractivity contribution in [3.8, 4) is 0 Å². The molecular formula is C21H44O4Sn. The number of rotatable bonds is 10. The zero-order chi connectivity index (χ0) is 21.2. The summed E-state index contributed by atoms with van der Waals surface area (Å²) >= 11 is 1.35. The molecule has 0 aromatic heterocycles. The van der Waals surface area contributed by atoms with Crippen LogP contribution in [0.5, 0.6) is 0 Å². The first-order chi connectivity index (χ1) is 11.8. The van der Waals surface area contributed by atoms with Crippen LogP contribution in [-0.4, -0.2) is 44.7 Å². The van der Waals surface area contributed by atoms with Crippen LogP contribution in [0.4, 0.5) is 0 Å². The molecule has 0 saturated heterocycles. The van der Waals surface area contributed by atoms with Gasteiger partial charge in [0, 0.05) is 12.8 Å². The summed E-state index contributed by atoms with van der Waals surface area (Å²) in [5.41, 5.74) is 0.784. The molecule has 26 heavy (non-hydrogen) atoms. The molecule has 0 heterocycles. The van der Waals surface area contributed by atoms with E-state index in [0.717, 1.165) is 38.5 Å². The third kappa shape index (κ3) is 39.0. The number of carbonyl (C=O) groups is 2. The van der Waals surface area contributed by atoms with E-state index in [2.05, 4.69) is 46.5 Å². The molecule has 0 fully saturated rings. The van der Waals surface area contributed by atoms with Crippen LogP contribution >= 0.6 is 0 Å². The minimum atomic E-state index is -0.675. The maximum absolute atomic E-state index is 10.2. The molecule has 156 valence electrons. The molecule has 0 saturated carbocycles. The molecule has 0 atom stereocenters. The van der Waals surface area contributed by atoms with Gasteiger partial charge in [0.1, 0.15) is 0 Å². The molecule has 0 aliphatic heterocycles. The molecule has 0 aliphatic carbocycles. The fraction of sp³-hybridized carbons (Fsp3) is 0.905. The Morgan fingerprint density at radius 3 is 1.08 bits per heavy atom. The Hall–Kier alpha value is -0.261. The molecule has 0 aromatic carbocycles. The molecule has 5 heteroatoms. The maximum atomic E-state index is 10.2. The van der Waals surface area contributed by atoms with Crippen molar-refractivity contribution in [2.45, 2.75) is 111 Å². The van der Waals surface area contributed by atoms with Crippen LogP contribution < -0.4 is 0 Å². The first kappa shape index (κ1) is 30.5. The van der Waals surface area contributed by atoms with E-state index in [-0.39, 0.29) is 0 Å². The van der Waals surface area contributed by atoms with E-state index in [0.29, 0.717) is 23.7 Å². The third-order valence-corrected chi connectivity index (χ3v) is 3.63. The van der Waals surface area contributed by atoms with Crippen molar-refractivity contribution in [2.75, 3.05) is 0 Å². The third-order valence-electron chi connectivity index (χ3n) is 3.63. The van der Waals surface area contributed by atoms with E-state index in [1.165, 1.54) is 35.4 Å². The van der Waals surface area contributed by atoms with Crippen LogP contribution in [0.3, 0.4) is 0 Å². The monoisotopic (exact) mass is 480 g/mol. The van der Waals surface area contributed by atoms with Crippen molar-refractivity contribution in [1.82, 2.24) is 0 Å². The summed E-state index contributed by atoms with van der Waals surface area (Å²) in [7, 11) is 0. The molecule has 4 nitrogen and oxygen atoms in total. The van der Waals surface area contributed by atoms with Gasteiger partial charge in [0.15, 0.2) is 0 Å². The number of unbranched alkanes of at least 4 members (excludes halogenated alkanes) is 4. The summed E-state index contributed by atoms with van der Waals surface area (Å²) in [5, 5.41) is 16.7. The van der Waals surface area contributed by atoms with Crippen molar-refractivity contribution >= 4 is 34.5 Å². The standard InChI is InChI=1S/2C10H20O2.CH3.Sn.H/c2*1-10(2,3)8-6-4-5-7-9(11)12;;;/h2*4-8H2,1-3H3,(H,11,12);1H3;;. The van der Waals surface area contributed by atoms with Crippen molar-refractivity contribution in [3.05, 3.63) is 0 Å². The van der Waals surface area contributed by atoms with Gasteiger partial charge < -0.3 is 10.2 Å². The Morgan fingerprint density at radius 1 is 0.615 bits per heavy atom. The van der Waals surface area contributed by atoms with Crippen LogP contribution in [-0.2, 0) is 9.59 Å². The van der Waals surface area contributed by atoms with Crippen molar-refractivity contribution in [2.24, 2.45) is 10.8 Å². The van der Waals surface area contributed by atoms with Crippen molar-refractivity contribution in [3.63, 3.8) is 0 Å². The number of aliphatic carboxylic acids is 2. The van der Waals surface area contributed by atoms with E-state index < -0.39 is 11.9 Å². The molecule has 0 aliphatic rings. The SMILES string of the molecule is CC(C)(C)CCCCCC(=O)O.CC(C)(C)CCCCCC(=O)O.[CH3][SnH]. The van der Waals surface area contributed by atoms with Gasteiger partial charge >= 0.3 is 39.4 Å². The van der Waals surface area contributed by atoms with Gasteiger partial charge in [-0.2, -0.15) is 0 Å².